The number of rotatable bonds is 4. The van der Waals surface area contributed by atoms with E-state index in [2.05, 4.69) is 5.32 Å². The highest BCUT2D eigenvalue weighted by Crippen LogP contribution is 2.17. The van der Waals surface area contributed by atoms with Gasteiger partial charge in [0.05, 0.1) is 6.61 Å². The first-order valence-corrected chi connectivity index (χ1v) is 6.43. The van der Waals surface area contributed by atoms with Crippen LogP contribution in [0, 0.1) is 11.7 Å². The lowest BCUT2D eigenvalue weighted by molar-refractivity contribution is 0.0945. The first-order valence-electron chi connectivity index (χ1n) is 6.43. The van der Waals surface area contributed by atoms with Crippen molar-refractivity contribution in [2.45, 2.75) is 26.9 Å². The zero-order chi connectivity index (χ0) is 14.0. The highest BCUT2D eigenvalue weighted by Gasteiger charge is 2.31. The van der Waals surface area contributed by atoms with Gasteiger partial charge in [0.1, 0.15) is 5.82 Å². The second-order valence-electron chi connectivity index (χ2n) is 4.91. The van der Waals surface area contributed by atoms with Crippen LogP contribution in [0.15, 0.2) is 12.1 Å². The Morgan fingerprint density at radius 2 is 2.37 bits per heavy atom. The van der Waals surface area contributed by atoms with Crippen LogP contribution < -0.4 is 10.8 Å². The molecular weight excluding hydrogens is 248 g/mol. The average molecular weight is 265 g/mol. The van der Waals surface area contributed by atoms with Crippen LogP contribution >= 0.6 is 0 Å². The lowest BCUT2D eigenvalue weighted by atomic mass is 9.78. The van der Waals surface area contributed by atoms with E-state index in [-0.39, 0.29) is 18.1 Å². The van der Waals surface area contributed by atoms with Crippen LogP contribution in [-0.2, 0) is 11.3 Å². The van der Waals surface area contributed by atoms with Gasteiger partial charge in [-0.2, -0.15) is 0 Å². The largest absolute Gasteiger partial charge is 0.491 e. The molecule has 2 N–H and O–H groups in total. The molecule has 2 rings (SSSR count). The summed E-state index contributed by atoms with van der Waals surface area (Å²) in [7, 11) is -1.15. The van der Waals surface area contributed by atoms with Gasteiger partial charge in [-0.05, 0) is 29.1 Å². The minimum atomic E-state index is -1.15. The van der Waals surface area contributed by atoms with Crippen LogP contribution in [0.5, 0.6) is 0 Å². The third-order valence-electron chi connectivity index (χ3n) is 3.45. The summed E-state index contributed by atoms with van der Waals surface area (Å²) in [5.74, 6) is -0.502. The van der Waals surface area contributed by atoms with Crippen molar-refractivity contribution in [2.75, 3.05) is 6.54 Å². The van der Waals surface area contributed by atoms with E-state index in [1.807, 2.05) is 13.8 Å². The number of fused-ring (bicyclic) bond motifs is 1. The molecule has 0 bridgehead atoms. The molecule has 1 unspecified atom stereocenters. The van der Waals surface area contributed by atoms with Crippen LogP contribution in [0.3, 0.4) is 0 Å². The van der Waals surface area contributed by atoms with Gasteiger partial charge in [0.25, 0.3) is 5.91 Å². The predicted molar refractivity (Wildman–Crippen MR) is 70.6 cm³/mol. The minimum absolute atomic E-state index is 0.128. The van der Waals surface area contributed by atoms with Gasteiger partial charge < -0.3 is 15.0 Å². The summed E-state index contributed by atoms with van der Waals surface area (Å²) in [5, 5.41) is 12.3. The lowest BCUT2D eigenvalue weighted by Gasteiger charge is -2.12. The topological polar surface area (TPSA) is 58.6 Å². The van der Waals surface area contributed by atoms with E-state index in [0.29, 0.717) is 23.5 Å². The molecule has 1 aliphatic rings. The van der Waals surface area contributed by atoms with Crippen molar-refractivity contribution in [3.63, 3.8) is 0 Å². The molecule has 1 aromatic carbocycles. The van der Waals surface area contributed by atoms with Gasteiger partial charge in [-0.3, -0.25) is 4.79 Å². The first kappa shape index (κ1) is 14.0. The van der Waals surface area contributed by atoms with Crippen LogP contribution in [0.4, 0.5) is 4.39 Å². The Hall–Kier alpha value is -1.40. The Morgan fingerprint density at radius 3 is 3.05 bits per heavy atom. The van der Waals surface area contributed by atoms with Crippen LogP contribution in [0.1, 0.15) is 36.2 Å². The molecule has 1 atom stereocenters. The standard InChI is InChI=1S/C13H17BFNO3/c1-3-8(2)6-16-13(17)10-4-9(15)5-12-11(10)7-19-14(12)18/h4-5,8,18H,3,6-7H2,1-2H3,(H,16,17). The quantitative estimate of drug-likeness (QED) is 0.792. The van der Waals surface area contributed by atoms with Crippen molar-refractivity contribution < 1.29 is 18.9 Å². The maximum Gasteiger partial charge on any atom is 0.491 e. The van der Waals surface area contributed by atoms with E-state index in [0.717, 1.165) is 6.42 Å². The molecule has 1 aliphatic heterocycles. The number of carbonyl (C=O) groups is 1. The number of benzene rings is 1. The molecule has 0 saturated carbocycles. The van der Waals surface area contributed by atoms with Gasteiger partial charge in [-0.15, -0.1) is 0 Å². The van der Waals surface area contributed by atoms with Gasteiger partial charge in [0.2, 0.25) is 0 Å². The SMILES string of the molecule is CCC(C)CNC(=O)c1cc(F)cc2c1COB2O. The Morgan fingerprint density at radius 1 is 1.63 bits per heavy atom. The number of nitrogens with one attached hydrogen (secondary N) is 1. The van der Waals surface area contributed by atoms with Gasteiger partial charge in [0, 0.05) is 12.1 Å². The molecule has 19 heavy (non-hydrogen) atoms. The number of hydrogen-bond acceptors (Lipinski definition) is 3. The molecule has 1 aromatic rings. The van der Waals surface area contributed by atoms with Gasteiger partial charge in [0.15, 0.2) is 0 Å². The van der Waals surface area contributed by atoms with Crippen LogP contribution in [0.25, 0.3) is 0 Å². The summed E-state index contributed by atoms with van der Waals surface area (Å²) in [5.41, 5.74) is 1.15. The fourth-order valence-corrected chi connectivity index (χ4v) is 2.00. The first-order chi connectivity index (χ1) is 9.02. The van der Waals surface area contributed by atoms with Crippen molar-refractivity contribution in [2.24, 2.45) is 5.92 Å². The summed E-state index contributed by atoms with van der Waals surface area (Å²) in [6.45, 7) is 4.75. The molecule has 102 valence electrons. The third kappa shape index (κ3) is 2.96. The van der Waals surface area contributed by atoms with Crippen LogP contribution in [0.2, 0.25) is 0 Å². The highest BCUT2D eigenvalue weighted by atomic mass is 19.1. The number of halogens is 1. The number of amides is 1. The molecule has 0 radical (unpaired) electrons. The zero-order valence-corrected chi connectivity index (χ0v) is 11.1. The van der Waals surface area contributed by atoms with E-state index in [9.17, 15) is 14.2 Å². The summed E-state index contributed by atoms with van der Waals surface area (Å²) in [6, 6.07) is 2.39. The average Bonchev–Trinajstić information content (AvgIpc) is 2.76. The fourth-order valence-electron chi connectivity index (χ4n) is 2.00. The normalized spacial score (nSPS) is 15.3. The third-order valence-corrected chi connectivity index (χ3v) is 3.45. The van der Waals surface area contributed by atoms with E-state index in [1.165, 1.54) is 12.1 Å². The minimum Gasteiger partial charge on any atom is -0.423 e. The predicted octanol–water partition coefficient (Wildman–Crippen LogP) is 0.819. The monoisotopic (exact) mass is 265 g/mol. The summed E-state index contributed by atoms with van der Waals surface area (Å²) in [6.07, 6.45) is 0.962. The Balaban J connectivity index is 2.21. The van der Waals surface area contributed by atoms with Crippen molar-refractivity contribution in [3.05, 3.63) is 29.1 Å². The summed E-state index contributed by atoms with van der Waals surface area (Å²) in [4.78, 5) is 12.1. The smallest absolute Gasteiger partial charge is 0.423 e. The molecule has 0 fully saturated rings. The Labute approximate surface area is 112 Å². The molecule has 0 saturated heterocycles. The maximum absolute atomic E-state index is 13.5. The number of carbonyl (C=O) groups excluding carboxylic acids is 1. The molecule has 0 spiro atoms. The van der Waals surface area contributed by atoms with Crippen LogP contribution in [-0.4, -0.2) is 24.6 Å². The molecule has 1 amide bonds. The Kier molecular flexibility index (Phi) is 4.22. The molecule has 6 heteroatoms. The van der Waals surface area contributed by atoms with Crippen molar-refractivity contribution in [1.82, 2.24) is 5.32 Å². The Bertz CT molecular complexity index is 495. The molecule has 0 aliphatic carbocycles. The molecular formula is C13H17BFNO3. The van der Waals surface area contributed by atoms with Gasteiger partial charge in [-0.25, -0.2) is 4.39 Å². The van der Waals surface area contributed by atoms with E-state index in [4.69, 9.17) is 4.65 Å². The van der Waals surface area contributed by atoms with Gasteiger partial charge >= 0.3 is 7.12 Å². The van der Waals surface area contributed by atoms with E-state index < -0.39 is 12.9 Å². The summed E-state index contributed by atoms with van der Waals surface area (Å²) >= 11 is 0. The van der Waals surface area contributed by atoms with Crippen molar-refractivity contribution in [3.8, 4) is 0 Å². The molecule has 0 aromatic heterocycles. The highest BCUT2D eigenvalue weighted by molar-refractivity contribution is 6.61. The molecule has 1 heterocycles. The second-order valence-corrected chi connectivity index (χ2v) is 4.91. The van der Waals surface area contributed by atoms with Crippen molar-refractivity contribution >= 4 is 18.5 Å². The van der Waals surface area contributed by atoms with E-state index >= 15 is 0 Å². The maximum atomic E-state index is 13.5. The van der Waals surface area contributed by atoms with E-state index in [1.54, 1.807) is 0 Å². The zero-order valence-electron chi connectivity index (χ0n) is 11.1. The summed E-state index contributed by atoms with van der Waals surface area (Å²) < 4.78 is 18.5. The fraction of sp³-hybridized carbons (Fsp3) is 0.462. The van der Waals surface area contributed by atoms with Crippen molar-refractivity contribution in [1.29, 1.82) is 0 Å². The second kappa shape index (κ2) is 5.71. The number of hydrogen-bond donors (Lipinski definition) is 2. The lowest BCUT2D eigenvalue weighted by Crippen LogP contribution is -2.32. The molecule has 4 nitrogen and oxygen atoms in total. The van der Waals surface area contributed by atoms with Gasteiger partial charge in [-0.1, -0.05) is 20.3 Å².